The Kier molecular flexibility index (Phi) is 5.14. The molecule has 0 unspecified atom stereocenters. The molecule has 166 valence electrons. The summed E-state index contributed by atoms with van der Waals surface area (Å²) in [5, 5.41) is 13.3. The second-order valence-corrected chi connectivity index (χ2v) is 7.84. The molecule has 0 fully saturated rings. The molecule has 0 atom stereocenters. The van der Waals surface area contributed by atoms with Gasteiger partial charge >= 0.3 is 0 Å². The zero-order chi connectivity index (χ0) is 23.1. The minimum atomic E-state index is -0.666. The van der Waals surface area contributed by atoms with Crippen molar-refractivity contribution >= 4 is 22.4 Å². The number of halogens is 2. The second-order valence-electron chi connectivity index (χ2n) is 7.84. The van der Waals surface area contributed by atoms with Crippen LogP contribution in [0.5, 0.6) is 0 Å². The van der Waals surface area contributed by atoms with Gasteiger partial charge in [0.1, 0.15) is 23.0 Å². The standard InChI is InChI=1S/C25H21F2N5O/c1-15-12-32(14-28-15)22-9-7-18(10-16(22)13-33)29-21-4-3-5-23-24(21)30-25(31(23)2)19-8-6-17(26)11-20(19)27/h3-12,14,29,33H,13H2,1-2H3. The number of aliphatic hydroxyl groups excluding tert-OH is 1. The van der Waals surface area contributed by atoms with Crippen molar-refractivity contribution in [2.45, 2.75) is 13.5 Å². The summed E-state index contributed by atoms with van der Waals surface area (Å²) in [6.45, 7) is 1.77. The van der Waals surface area contributed by atoms with E-state index in [0.717, 1.165) is 39.9 Å². The zero-order valence-corrected chi connectivity index (χ0v) is 18.0. The second kappa shape index (κ2) is 8.14. The summed E-state index contributed by atoms with van der Waals surface area (Å²) in [4.78, 5) is 8.90. The van der Waals surface area contributed by atoms with E-state index in [1.165, 1.54) is 12.1 Å². The van der Waals surface area contributed by atoms with Gasteiger partial charge in [-0.1, -0.05) is 6.07 Å². The molecule has 0 radical (unpaired) electrons. The van der Waals surface area contributed by atoms with Gasteiger partial charge < -0.3 is 19.6 Å². The van der Waals surface area contributed by atoms with Crippen LogP contribution in [0, 0.1) is 18.6 Å². The molecule has 0 aliphatic heterocycles. The first-order valence-corrected chi connectivity index (χ1v) is 10.4. The van der Waals surface area contributed by atoms with Crippen LogP contribution in [0.1, 0.15) is 11.3 Å². The van der Waals surface area contributed by atoms with Crippen molar-refractivity contribution in [3.05, 3.63) is 90.0 Å². The number of nitrogens with one attached hydrogen (secondary N) is 1. The molecule has 0 saturated carbocycles. The molecule has 2 aromatic heterocycles. The normalized spacial score (nSPS) is 11.3. The highest BCUT2D eigenvalue weighted by Gasteiger charge is 2.17. The van der Waals surface area contributed by atoms with Crippen LogP contribution < -0.4 is 5.32 Å². The topological polar surface area (TPSA) is 67.9 Å². The van der Waals surface area contributed by atoms with Crippen LogP contribution in [0.25, 0.3) is 28.1 Å². The van der Waals surface area contributed by atoms with E-state index in [-0.39, 0.29) is 12.2 Å². The Balaban J connectivity index is 1.54. The lowest BCUT2D eigenvalue weighted by molar-refractivity contribution is 0.281. The fraction of sp³-hybridized carbons (Fsp3) is 0.120. The van der Waals surface area contributed by atoms with Gasteiger partial charge in [0.15, 0.2) is 0 Å². The lowest BCUT2D eigenvalue weighted by atomic mass is 10.1. The Bertz CT molecular complexity index is 1490. The number of hydrogen-bond donors (Lipinski definition) is 2. The molecule has 0 saturated heterocycles. The van der Waals surface area contributed by atoms with Crippen LogP contribution in [0.3, 0.4) is 0 Å². The van der Waals surface area contributed by atoms with Crippen molar-refractivity contribution in [2.75, 3.05) is 5.32 Å². The maximum Gasteiger partial charge on any atom is 0.143 e. The van der Waals surface area contributed by atoms with Gasteiger partial charge in [-0.2, -0.15) is 0 Å². The molecule has 0 aliphatic carbocycles. The molecule has 6 nitrogen and oxygen atoms in total. The monoisotopic (exact) mass is 445 g/mol. The highest BCUT2D eigenvalue weighted by molar-refractivity contribution is 5.93. The third-order valence-electron chi connectivity index (χ3n) is 5.60. The quantitative estimate of drug-likeness (QED) is 0.388. The number of imidazole rings is 2. The molecule has 5 rings (SSSR count). The van der Waals surface area contributed by atoms with E-state index in [1.807, 2.05) is 54.1 Å². The van der Waals surface area contributed by atoms with Crippen LogP contribution in [0.15, 0.2) is 67.1 Å². The number of aliphatic hydroxyl groups is 1. The van der Waals surface area contributed by atoms with Gasteiger partial charge in [-0.3, -0.25) is 0 Å². The maximum absolute atomic E-state index is 14.4. The van der Waals surface area contributed by atoms with Crippen molar-refractivity contribution in [1.29, 1.82) is 0 Å². The first-order chi connectivity index (χ1) is 15.9. The smallest absolute Gasteiger partial charge is 0.143 e. The Morgan fingerprint density at radius 2 is 1.91 bits per heavy atom. The van der Waals surface area contributed by atoms with Crippen molar-refractivity contribution in [2.24, 2.45) is 7.05 Å². The number of nitrogens with zero attached hydrogens (tertiary/aromatic N) is 4. The van der Waals surface area contributed by atoms with E-state index in [4.69, 9.17) is 0 Å². The third-order valence-corrected chi connectivity index (χ3v) is 5.60. The Hall–Kier alpha value is -4.04. The average molecular weight is 445 g/mol. The summed E-state index contributed by atoms with van der Waals surface area (Å²) in [5.74, 6) is -0.897. The lowest BCUT2D eigenvalue weighted by Gasteiger charge is -2.13. The Morgan fingerprint density at radius 3 is 2.64 bits per heavy atom. The van der Waals surface area contributed by atoms with E-state index >= 15 is 0 Å². The first kappa shape index (κ1) is 20.8. The van der Waals surface area contributed by atoms with Gasteiger partial charge in [0.2, 0.25) is 0 Å². The van der Waals surface area contributed by atoms with Crippen LogP contribution in [0.4, 0.5) is 20.2 Å². The maximum atomic E-state index is 14.4. The number of rotatable bonds is 5. The van der Waals surface area contributed by atoms with Crippen molar-refractivity contribution in [3.8, 4) is 17.1 Å². The van der Waals surface area contributed by atoms with Crippen LogP contribution >= 0.6 is 0 Å². The molecule has 33 heavy (non-hydrogen) atoms. The highest BCUT2D eigenvalue weighted by atomic mass is 19.1. The summed E-state index contributed by atoms with van der Waals surface area (Å²) in [7, 11) is 1.79. The number of fused-ring (bicyclic) bond motifs is 1. The van der Waals surface area contributed by atoms with Crippen LogP contribution in [-0.2, 0) is 13.7 Å². The van der Waals surface area contributed by atoms with Gasteiger partial charge in [0.25, 0.3) is 0 Å². The molecule has 2 heterocycles. The molecule has 5 aromatic rings. The number of benzene rings is 3. The van der Waals surface area contributed by atoms with E-state index in [2.05, 4.69) is 15.3 Å². The van der Waals surface area contributed by atoms with Crippen molar-refractivity contribution in [1.82, 2.24) is 19.1 Å². The fourth-order valence-electron chi connectivity index (χ4n) is 3.98. The Morgan fingerprint density at radius 1 is 1.06 bits per heavy atom. The number of para-hydroxylation sites is 1. The third kappa shape index (κ3) is 3.74. The summed E-state index contributed by atoms with van der Waals surface area (Å²) in [6, 6.07) is 14.8. The number of anilines is 2. The summed E-state index contributed by atoms with van der Waals surface area (Å²) >= 11 is 0. The van der Waals surface area contributed by atoms with Crippen LogP contribution in [0.2, 0.25) is 0 Å². The van der Waals surface area contributed by atoms with Gasteiger partial charge in [-0.25, -0.2) is 18.7 Å². The van der Waals surface area contributed by atoms with E-state index in [9.17, 15) is 13.9 Å². The molecule has 2 N–H and O–H groups in total. The minimum absolute atomic E-state index is 0.135. The SMILES string of the molecule is Cc1cn(-c2ccc(Nc3cccc4c3nc(-c3ccc(F)cc3F)n4C)cc2CO)cn1. The summed E-state index contributed by atoms with van der Waals surface area (Å²) < 4.78 is 31.4. The molecular formula is C25H21F2N5O. The lowest BCUT2D eigenvalue weighted by Crippen LogP contribution is -2.00. The predicted octanol–water partition coefficient (Wildman–Crippen LogP) is 5.25. The van der Waals surface area contributed by atoms with E-state index in [1.54, 1.807) is 17.9 Å². The fourth-order valence-corrected chi connectivity index (χ4v) is 3.98. The van der Waals surface area contributed by atoms with Gasteiger partial charge in [0, 0.05) is 30.6 Å². The predicted molar refractivity (Wildman–Crippen MR) is 124 cm³/mol. The first-order valence-electron chi connectivity index (χ1n) is 10.4. The van der Waals surface area contributed by atoms with Crippen LogP contribution in [-0.4, -0.2) is 24.2 Å². The largest absolute Gasteiger partial charge is 0.392 e. The van der Waals surface area contributed by atoms with Crippen molar-refractivity contribution in [3.63, 3.8) is 0 Å². The number of hydrogen-bond acceptors (Lipinski definition) is 4. The molecule has 0 bridgehead atoms. The van der Waals surface area contributed by atoms with Gasteiger partial charge in [-0.05, 0) is 49.4 Å². The Labute approximate surface area is 188 Å². The molecule has 3 aromatic carbocycles. The molecule has 0 spiro atoms. The summed E-state index contributed by atoms with van der Waals surface area (Å²) in [5.41, 5.74) is 5.64. The number of aryl methyl sites for hydroxylation is 2. The zero-order valence-electron chi connectivity index (χ0n) is 18.0. The van der Waals surface area contributed by atoms with E-state index in [0.29, 0.717) is 11.3 Å². The van der Waals surface area contributed by atoms with E-state index < -0.39 is 11.6 Å². The highest BCUT2D eigenvalue weighted by Crippen LogP contribution is 2.32. The average Bonchev–Trinajstić information content (AvgIpc) is 3.38. The molecular weight excluding hydrogens is 424 g/mol. The molecule has 8 heteroatoms. The van der Waals surface area contributed by atoms with Gasteiger partial charge in [-0.15, -0.1) is 0 Å². The number of aromatic nitrogens is 4. The molecule has 0 amide bonds. The molecule has 0 aliphatic rings. The summed E-state index contributed by atoms with van der Waals surface area (Å²) in [6.07, 6.45) is 3.61. The van der Waals surface area contributed by atoms with Crippen molar-refractivity contribution < 1.29 is 13.9 Å². The minimum Gasteiger partial charge on any atom is -0.392 e. The van der Waals surface area contributed by atoms with Gasteiger partial charge in [0.05, 0.1) is 41.1 Å².